The van der Waals surface area contributed by atoms with Gasteiger partial charge in [0.1, 0.15) is 5.82 Å². The smallest absolute Gasteiger partial charge is 0.261 e. The third-order valence-electron chi connectivity index (χ3n) is 6.34. The van der Waals surface area contributed by atoms with Crippen LogP contribution in [-0.2, 0) is 6.54 Å². The van der Waals surface area contributed by atoms with Gasteiger partial charge in [-0.15, -0.1) is 0 Å². The number of para-hydroxylation sites is 1. The maximum Gasteiger partial charge on any atom is 0.261 e. The molecule has 0 N–H and O–H groups in total. The molecule has 2 heterocycles. The highest BCUT2D eigenvalue weighted by atomic mass is 35.5. The molecule has 2 unspecified atom stereocenters. The van der Waals surface area contributed by atoms with Crippen LogP contribution in [0, 0.1) is 0 Å². The van der Waals surface area contributed by atoms with Gasteiger partial charge in [-0.2, -0.15) is 0 Å². The van der Waals surface area contributed by atoms with E-state index in [2.05, 4.69) is 18.7 Å². The number of hydrogen-bond acceptors (Lipinski definition) is 4. The molecule has 1 aromatic heterocycles. The maximum absolute atomic E-state index is 13.1. The van der Waals surface area contributed by atoms with E-state index in [0.29, 0.717) is 29.1 Å². The Morgan fingerprint density at radius 1 is 1.12 bits per heavy atom. The molecule has 1 saturated heterocycles. The molecule has 32 heavy (non-hydrogen) atoms. The molecule has 2 atom stereocenters. The number of nitrogens with zero attached hydrogens (tertiary/aromatic N) is 4. The van der Waals surface area contributed by atoms with Gasteiger partial charge >= 0.3 is 0 Å². The van der Waals surface area contributed by atoms with E-state index in [0.717, 1.165) is 30.9 Å². The topological polar surface area (TPSA) is 58.4 Å². The zero-order valence-electron chi connectivity index (χ0n) is 18.8. The predicted molar refractivity (Wildman–Crippen MR) is 128 cm³/mol. The highest BCUT2D eigenvalue weighted by molar-refractivity contribution is 6.30. The van der Waals surface area contributed by atoms with Gasteiger partial charge in [-0.25, -0.2) is 4.98 Å². The first kappa shape index (κ1) is 22.5. The van der Waals surface area contributed by atoms with Gasteiger partial charge < -0.3 is 4.90 Å². The first-order valence-electron chi connectivity index (χ1n) is 11.2. The molecule has 0 radical (unpaired) electrons. The quantitative estimate of drug-likeness (QED) is 0.576. The van der Waals surface area contributed by atoms with Crippen molar-refractivity contribution in [3.05, 3.63) is 75.3 Å². The van der Waals surface area contributed by atoms with Crippen molar-refractivity contribution in [3.63, 3.8) is 0 Å². The van der Waals surface area contributed by atoms with Crippen LogP contribution in [0.15, 0.2) is 53.3 Å². The minimum absolute atomic E-state index is 0.0103. The van der Waals surface area contributed by atoms with E-state index in [-0.39, 0.29) is 23.6 Å². The van der Waals surface area contributed by atoms with Crippen molar-refractivity contribution in [2.24, 2.45) is 0 Å². The third kappa shape index (κ3) is 4.17. The van der Waals surface area contributed by atoms with E-state index in [1.165, 1.54) is 0 Å². The minimum atomic E-state index is 0.0103. The van der Waals surface area contributed by atoms with Crippen molar-refractivity contribution >= 4 is 28.4 Å². The number of benzene rings is 2. The molecule has 0 bridgehead atoms. The van der Waals surface area contributed by atoms with Crippen molar-refractivity contribution in [2.45, 2.75) is 45.8 Å². The molecule has 3 aromatic rings. The van der Waals surface area contributed by atoms with E-state index in [1.54, 1.807) is 28.8 Å². The Labute approximate surface area is 193 Å². The molecule has 168 valence electrons. The normalized spacial score (nSPS) is 18.1. The van der Waals surface area contributed by atoms with Crippen molar-refractivity contribution in [2.75, 3.05) is 19.6 Å². The standard InChI is InChI=1S/C25H29ClN4O2/c1-4-22(23-27-21-9-7-6-8-20(21)25(32)29(23)5-2)28-14-15-30(17(3)16-28)24(31)18-10-12-19(26)13-11-18/h6-13,17,22H,4-5,14-16H2,1-3H3. The summed E-state index contributed by atoms with van der Waals surface area (Å²) in [6.45, 7) is 8.85. The molecular weight excluding hydrogens is 424 g/mol. The van der Waals surface area contributed by atoms with Crippen molar-refractivity contribution in [3.8, 4) is 0 Å². The number of halogens is 1. The maximum atomic E-state index is 13.1. The fraction of sp³-hybridized carbons (Fsp3) is 0.400. The zero-order valence-corrected chi connectivity index (χ0v) is 19.5. The predicted octanol–water partition coefficient (Wildman–Crippen LogP) is 4.37. The molecular formula is C25H29ClN4O2. The highest BCUT2D eigenvalue weighted by Gasteiger charge is 2.33. The average Bonchev–Trinajstić information content (AvgIpc) is 2.80. The monoisotopic (exact) mass is 452 g/mol. The lowest BCUT2D eigenvalue weighted by Crippen LogP contribution is -2.55. The first-order chi connectivity index (χ1) is 15.4. The van der Waals surface area contributed by atoms with Gasteiger partial charge in [0.25, 0.3) is 11.5 Å². The van der Waals surface area contributed by atoms with Crippen LogP contribution in [0.2, 0.25) is 5.02 Å². The van der Waals surface area contributed by atoms with E-state index < -0.39 is 0 Å². The number of hydrogen-bond donors (Lipinski definition) is 0. The van der Waals surface area contributed by atoms with E-state index >= 15 is 0 Å². The molecule has 0 saturated carbocycles. The van der Waals surface area contributed by atoms with E-state index in [1.807, 2.05) is 36.1 Å². The van der Waals surface area contributed by atoms with Crippen molar-refractivity contribution < 1.29 is 4.79 Å². The molecule has 0 aliphatic carbocycles. The van der Waals surface area contributed by atoms with Gasteiger partial charge in [0.05, 0.1) is 16.9 Å². The summed E-state index contributed by atoms with van der Waals surface area (Å²) >= 11 is 5.97. The Bertz CT molecular complexity index is 1170. The SMILES string of the molecule is CCC(c1nc2ccccc2c(=O)n1CC)N1CCN(C(=O)c2ccc(Cl)cc2)C(C)C1. The molecule has 2 aromatic carbocycles. The summed E-state index contributed by atoms with van der Waals surface area (Å²) in [6.07, 6.45) is 0.836. The second-order valence-corrected chi connectivity index (χ2v) is 8.75. The Morgan fingerprint density at radius 3 is 2.50 bits per heavy atom. The molecule has 6 nitrogen and oxygen atoms in total. The van der Waals surface area contributed by atoms with Crippen LogP contribution < -0.4 is 5.56 Å². The van der Waals surface area contributed by atoms with Gasteiger partial charge in [0.15, 0.2) is 0 Å². The van der Waals surface area contributed by atoms with Crippen LogP contribution in [0.3, 0.4) is 0 Å². The average molecular weight is 453 g/mol. The lowest BCUT2D eigenvalue weighted by Gasteiger charge is -2.43. The van der Waals surface area contributed by atoms with Crippen LogP contribution in [0.1, 0.15) is 49.4 Å². The fourth-order valence-electron chi connectivity index (χ4n) is 4.68. The Balaban J connectivity index is 1.60. The third-order valence-corrected chi connectivity index (χ3v) is 6.60. The van der Waals surface area contributed by atoms with Gasteiger partial charge in [-0.3, -0.25) is 19.1 Å². The van der Waals surface area contributed by atoms with Crippen LogP contribution >= 0.6 is 11.6 Å². The van der Waals surface area contributed by atoms with Crippen LogP contribution in [0.4, 0.5) is 0 Å². The minimum Gasteiger partial charge on any atom is -0.333 e. The molecule has 1 aliphatic rings. The Hall–Kier alpha value is -2.70. The van der Waals surface area contributed by atoms with Gasteiger partial charge in [-0.1, -0.05) is 30.7 Å². The Morgan fingerprint density at radius 2 is 1.84 bits per heavy atom. The lowest BCUT2D eigenvalue weighted by molar-refractivity contribution is 0.0361. The van der Waals surface area contributed by atoms with Crippen molar-refractivity contribution in [1.82, 2.24) is 19.4 Å². The summed E-state index contributed by atoms with van der Waals surface area (Å²) in [6, 6.07) is 14.6. The zero-order chi connectivity index (χ0) is 22.8. The second-order valence-electron chi connectivity index (χ2n) is 8.31. The summed E-state index contributed by atoms with van der Waals surface area (Å²) in [5, 5.41) is 1.27. The highest BCUT2D eigenvalue weighted by Crippen LogP contribution is 2.27. The lowest BCUT2D eigenvalue weighted by atomic mass is 10.1. The molecule has 4 rings (SSSR count). The largest absolute Gasteiger partial charge is 0.333 e. The number of fused-ring (bicyclic) bond motifs is 1. The van der Waals surface area contributed by atoms with E-state index in [9.17, 15) is 9.59 Å². The number of piperazine rings is 1. The second kappa shape index (κ2) is 9.43. The van der Waals surface area contributed by atoms with Gasteiger partial charge in [-0.05, 0) is 56.7 Å². The number of carbonyl (C=O) groups is 1. The van der Waals surface area contributed by atoms with Crippen LogP contribution in [0.5, 0.6) is 0 Å². The molecule has 1 amide bonds. The van der Waals surface area contributed by atoms with Crippen LogP contribution in [-0.4, -0.2) is 50.9 Å². The summed E-state index contributed by atoms with van der Waals surface area (Å²) in [4.78, 5) is 35.3. The Kier molecular flexibility index (Phi) is 6.63. The summed E-state index contributed by atoms with van der Waals surface area (Å²) in [7, 11) is 0. The fourth-order valence-corrected chi connectivity index (χ4v) is 4.80. The molecule has 7 heteroatoms. The number of aromatic nitrogens is 2. The number of carbonyl (C=O) groups excluding carboxylic acids is 1. The van der Waals surface area contributed by atoms with Gasteiger partial charge in [0.2, 0.25) is 0 Å². The van der Waals surface area contributed by atoms with Gasteiger partial charge in [0, 0.05) is 42.8 Å². The number of amides is 1. The molecule has 0 spiro atoms. The summed E-state index contributed by atoms with van der Waals surface area (Å²) in [5.74, 6) is 0.833. The number of rotatable bonds is 5. The summed E-state index contributed by atoms with van der Waals surface area (Å²) < 4.78 is 1.80. The molecule has 1 fully saturated rings. The molecule has 1 aliphatic heterocycles. The first-order valence-corrected chi connectivity index (χ1v) is 11.6. The van der Waals surface area contributed by atoms with Crippen molar-refractivity contribution in [1.29, 1.82) is 0 Å². The van der Waals surface area contributed by atoms with E-state index in [4.69, 9.17) is 16.6 Å². The van der Waals surface area contributed by atoms with Crippen LogP contribution in [0.25, 0.3) is 10.9 Å². The summed E-state index contributed by atoms with van der Waals surface area (Å²) in [5.41, 5.74) is 1.40.